The summed E-state index contributed by atoms with van der Waals surface area (Å²) in [6.07, 6.45) is 1.15. The van der Waals surface area contributed by atoms with Gasteiger partial charge in [0.25, 0.3) is 11.8 Å². The Morgan fingerprint density at radius 1 is 0.667 bits per heavy atom. The van der Waals surface area contributed by atoms with Crippen molar-refractivity contribution in [1.29, 1.82) is 0 Å². The molecule has 5 N–H and O–H groups in total. The van der Waals surface area contributed by atoms with Gasteiger partial charge in [-0.1, -0.05) is 97.1 Å². The van der Waals surface area contributed by atoms with Crippen molar-refractivity contribution in [3.8, 4) is 0 Å². The number of alkyl carbamates (subject to hydrolysis) is 1. The molecule has 0 spiro atoms. The normalized spacial score (nSPS) is 12.0. The third-order valence-electron chi connectivity index (χ3n) is 7.60. The topological polar surface area (TPSA) is 180 Å². The van der Waals surface area contributed by atoms with E-state index in [0.29, 0.717) is 5.01 Å². The van der Waals surface area contributed by atoms with Crippen molar-refractivity contribution >= 4 is 46.4 Å². The first-order valence-electron chi connectivity index (χ1n) is 16.1. The average Bonchev–Trinajstić information content (AvgIpc) is 3.12. The van der Waals surface area contributed by atoms with Crippen LogP contribution in [0.4, 0.5) is 4.79 Å². The number of nitrogens with zero attached hydrogens (tertiary/aromatic N) is 2. The lowest BCUT2D eigenvalue weighted by Crippen LogP contribution is -2.56. The molecule has 0 aliphatic rings. The van der Waals surface area contributed by atoms with Gasteiger partial charge in [-0.2, -0.15) is 0 Å². The molecule has 0 fully saturated rings. The first kappa shape index (κ1) is 37.3. The molecule has 0 aliphatic heterocycles. The lowest BCUT2D eigenvalue weighted by Gasteiger charge is -2.24. The highest BCUT2D eigenvalue weighted by atomic mass is 16.5. The number of nitrogens with one attached hydrogen (secondary N) is 3. The number of nitrogens with two attached hydrogens (primary N) is 1. The van der Waals surface area contributed by atoms with Crippen LogP contribution in [0, 0.1) is 0 Å². The van der Waals surface area contributed by atoms with Crippen LogP contribution in [0.15, 0.2) is 115 Å². The van der Waals surface area contributed by atoms with E-state index in [1.54, 1.807) is 29.2 Å². The summed E-state index contributed by atoms with van der Waals surface area (Å²) >= 11 is 0. The van der Waals surface area contributed by atoms with Gasteiger partial charge in [-0.25, -0.2) is 9.80 Å². The number of ether oxygens (including phenoxy) is 1. The molecular weight excluding hydrogens is 652 g/mol. The number of fused-ring (bicyclic) bond motifs is 1. The quantitative estimate of drug-likeness (QED) is 0.116. The maximum absolute atomic E-state index is 13.5. The lowest BCUT2D eigenvalue weighted by atomic mass is 10.1. The van der Waals surface area contributed by atoms with E-state index >= 15 is 0 Å². The summed E-state index contributed by atoms with van der Waals surface area (Å²) in [7, 11) is 0. The average molecular weight is 693 g/mol. The Balaban J connectivity index is 1.36. The van der Waals surface area contributed by atoms with E-state index in [2.05, 4.69) is 16.1 Å². The first-order valence-corrected chi connectivity index (χ1v) is 16.1. The molecule has 0 aliphatic carbocycles. The van der Waals surface area contributed by atoms with Gasteiger partial charge in [-0.15, -0.1) is 0 Å². The molecule has 0 bridgehead atoms. The molecule has 264 valence electrons. The molecule has 4 rings (SSSR count). The molecule has 2 unspecified atom stereocenters. The summed E-state index contributed by atoms with van der Waals surface area (Å²) in [4.78, 5) is 77.7. The maximum atomic E-state index is 13.5. The van der Waals surface area contributed by atoms with Crippen LogP contribution in [0.5, 0.6) is 0 Å². The van der Waals surface area contributed by atoms with E-state index in [1.807, 2.05) is 78.9 Å². The van der Waals surface area contributed by atoms with Crippen molar-refractivity contribution in [3.05, 3.63) is 132 Å². The Morgan fingerprint density at radius 3 is 1.90 bits per heavy atom. The van der Waals surface area contributed by atoms with Gasteiger partial charge in [0.1, 0.15) is 25.2 Å². The minimum atomic E-state index is -1.21. The van der Waals surface area contributed by atoms with E-state index in [9.17, 15) is 28.8 Å². The highest BCUT2D eigenvalue weighted by Gasteiger charge is 2.25. The summed E-state index contributed by atoms with van der Waals surface area (Å²) in [6, 6.07) is 29.8. The molecule has 13 heteroatoms. The molecule has 51 heavy (non-hydrogen) atoms. The Labute approximate surface area is 295 Å². The largest absolute Gasteiger partial charge is 0.445 e. The molecule has 2 atom stereocenters. The lowest BCUT2D eigenvalue weighted by molar-refractivity contribution is -0.142. The molecule has 0 radical (unpaired) electrons. The van der Waals surface area contributed by atoms with Crippen molar-refractivity contribution in [3.63, 3.8) is 0 Å². The number of carbonyl (C=O) groups excluding carboxylic acids is 6. The minimum Gasteiger partial charge on any atom is -0.445 e. The molecule has 0 heterocycles. The Morgan fingerprint density at radius 2 is 1.24 bits per heavy atom. The molecule has 0 aromatic heterocycles. The van der Waals surface area contributed by atoms with Gasteiger partial charge in [-0.05, 0) is 47.4 Å². The van der Waals surface area contributed by atoms with Crippen LogP contribution in [0.2, 0.25) is 0 Å². The highest BCUT2D eigenvalue weighted by Crippen LogP contribution is 2.18. The summed E-state index contributed by atoms with van der Waals surface area (Å²) in [5, 5.41) is 7.52. The first-order chi connectivity index (χ1) is 24.5. The molecule has 0 saturated heterocycles. The third kappa shape index (κ3) is 11.9. The predicted octanol–water partition coefficient (Wildman–Crippen LogP) is 3.09. The smallest absolute Gasteiger partial charge is 0.408 e. The number of hydrogen-bond acceptors (Lipinski definition) is 7. The zero-order valence-corrected chi connectivity index (χ0v) is 28.3. The van der Waals surface area contributed by atoms with Gasteiger partial charge in [0.2, 0.25) is 17.7 Å². The Bertz CT molecular complexity index is 1880. The second-order valence-corrected chi connectivity index (χ2v) is 11.7. The van der Waals surface area contributed by atoms with Crippen LogP contribution in [-0.2, 0) is 48.4 Å². The maximum Gasteiger partial charge on any atom is 0.408 e. The molecule has 6 amide bonds. The van der Waals surface area contributed by atoms with Crippen molar-refractivity contribution < 1.29 is 33.5 Å². The van der Waals surface area contributed by atoms with Crippen LogP contribution in [0.3, 0.4) is 0 Å². The van der Waals surface area contributed by atoms with Crippen molar-refractivity contribution in [2.24, 2.45) is 5.73 Å². The van der Waals surface area contributed by atoms with Crippen LogP contribution >= 0.6 is 0 Å². The second kappa shape index (κ2) is 18.3. The van der Waals surface area contributed by atoms with E-state index in [0.717, 1.165) is 39.6 Å². The summed E-state index contributed by atoms with van der Waals surface area (Å²) in [5.74, 6) is -3.91. The van der Waals surface area contributed by atoms with Gasteiger partial charge in [0, 0.05) is 25.2 Å². The van der Waals surface area contributed by atoms with Crippen LogP contribution in [0.1, 0.15) is 30.5 Å². The van der Waals surface area contributed by atoms with Gasteiger partial charge >= 0.3 is 6.09 Å². The minimum absolute atomic E-state index is 0.000894. The number of hydrazine groups is 1. The number of hydrogen-bond donors (Lipinski definition) is 4. The number of benzene rings is 4. The molecule has 13 nitrogen and oxygen atoms in total. The van der Waals surface area contributed by atoms with Crippen LogP contribution in [0.25, 0.3) is 10.8 Å². The van der Waals surface area contributed by atoms with Crippen LogP contribution < -0.4 is 21.8 Å². The molecule has 4 aromatic rings. The number of primary amides is 1. The highest BCUT2D eigenvalue weighted by molar-refractivity contribution is 5.99. The summed E-state index contributed by atoms with van der Waals surface area (Å²) in [6.45, 7) is 2.53. The number of rotatable bonds is 14. The fourth-order valence-corrected chi connectivity index (χ4v) is 4.88. The summed E-state index contributed by atoms with van der Waals surface area (Å²) < 4.78 is 5.12. The van der Waals surface area contributed by atoms with Crippen molar-refractivity contribution in [2.45, 2.75) is 45.6 Å². The number of carbonyl (C=O) groups is 6. The van der Waals surface area contributed by atoms with E-state index in [-0.39, 0.29) is 19.7 Å². The van der Waals surface area contributed by atoms with Gasteiger partial charge in [0.15, 0.2) is 0 Å². The second-order valence-electron chi connectivity index (χ2n) is 11.7. The standard InChI is InChI=1S/C38H40N6O7/c1-26(41-38(50)51-25-29-13-7-4-8-14-29)36(48)40-27(2)37(49)42-44(24-33(39)45)35(47)20-19-34(46)43(22-28-11-5-3-6-12-28)23-30-17-18-31-15-9-10-16-32(31)21-30/h3-21,26-27H,22-25H2,1-2H3,(H2,39,45)(H,40,48)(H,41,50)(H,42,49)/b20-19+. The zero-order chi connectivity index (χ0) is 36.8. The van der Waals surface area contributed by atoms with E-state index in [1.165, 1.54) is 13.8 Å². The zero-order valence-electron chi connectivity index (χ0n) is 28.3. The molecule has 0 saturated carbocycles. The summed E-state index contributed by atoms with van der Waals surface area (Å²) in [5.41, 5.74) is 10.1. The van der Waals surface area contributed by atoms with Crippen molar-refractivity contribution in [1.82, 2.24) is 26.0 Å². The van der Waals surface area contributed by atoms with Crippen LogP contribution in [-0.4, -0.2) is 64.2 Å². The fourth-order valence-electron chi connectivity index (χ4n) is 4.88. The Hall–Kier alpha value is -6.50. The van der Waals surface area contributed by atoms with E-state index in [4.69, 9.17) is 10.5 Å². The van der Waals surface area contributed by atoms with Gasteiger partial charge in [-0.3, -0.25) is 29.4 Å². The Kier molecular flexibility index (Phi) is 13.4. The van der Waals surface area contributed by atoms with Gasteiger partial charge in [0.05, 0.1) is 0 Å². The molecular formula is C38H40N6O7. The SMILES string of the molecule is CC(NC(=O)OCc1ccccc1)C(=O)NC(C)C(=O)NN(CC(N)=O)C(=O)/C=C/C(=O)N(Cc1ccccc1)Cc1ccc2ccccc2c1. The predicted molar refractivity (Wildman–Crippen MR) is 190 cm³/mol. The van der Waals surface area contributed by atoms with Gasteiger partial charge < -0.3 is 26.0 Å². The monoisotopic (exact) mass is 692 g/mol. The third-order valence-corrected chi connectivity index (χ3v) is 7.60. The van der Waals surface area contributed by atoms with E-state index < -0.39 is 54.3 Å². The fraction of sp³-hybridized carbons (Fsp3) is 0.211. The molecule has 4 aromatic carbocycles. The number of amides is 6. The van der Waals surface area contributed by atoms with Crippen molar-refractivity contribution in [2.75, 3.05) is 6.54 Å².